The van der Waals surface area contributed by atoms with E-state index in [4.69, 9.17) is 27.9 Å². The third-order valence-electron chi connectivity index (χ3n) is 2.02. The van der Waals surface area contributed by atoms with Crippen molar-refractivity contribution in [3.63, 3.8) is 0 Å². The van der Waals surface area contributed by atoms with Crippen molar-refractivity contribution in [2.75, 3.05) is 0 Å². The quantitative estimate of drug-likeness (QED) is 0.701. The molecule has 1 nitrogen and oxygen atoms in total. The maximum atomic E-state index is 5.66. The third-order valence-corrected chi connectivity index (χ3v) is 2.52. The van der Waals surface area contributed by atoms with E-state index in [0.717, 1.165) is 10.8 Å². The summed E-state index contributed by atoms with van der Waals surface area (Å²) in [6.07, 6.45) is 0. The van der Waals surface area contributed by atoms with E-state index in [9.17, 15) is 0 Å². The summed E-state index contributed by atoms with van der Waals surface area (Å²) < 4.78 is 5.27. The predicted molar refractivity (Wildman–Crippen MR) is 64.4 cm³/mol. The standard InChI is InChI=1S/C12H8Cl2O/c13-8-12(14)15-11-6-5-9-3-1-2-4-10(9)7-11/h1-8H/b12-8-. The number of fused-ring (bicyclic) bond motifs is 1. The van der Waals surface area contributed by atoms with Crippen LogP contribution in [0.2, 0.25) is 0 Å². The molecule has 0 aliphatic carbocycles. The zero-order valence-corrected chi connectivity index (χ0v) is 9.29. The molecule has 0 N–H and O–H groups in total. The highest BCUT2D eigenvalue weighted by molar-refractivity contribution is 6.35. The minimum absolute atomic E-state index is 0.159. The molecule has 15 heavy (non-hydrogen) atoms. The van der Waals surface area contributed by atoms with Crippen LogP contribution in [0.15, 0.2) is 53.2 Å². The van der Waals surface area contributed by atoms with Gasteiger partial charge >= 0.3 is 0 Å². The highest BCUT2D eigenvalue weighted by Gasteiger charge is 1.98. The fourth-order valence-corrected chi connectivity index (χ4v) is 1.50. The molecule has 0 heterocycles. The van der Waals surface area contributed by atoms with Crippen LogP contribution in [0.1, 0.15) is 0 Å². The van der Waals surface area contributed by atoms with Gasteiger partial charge in [0.25, 0.3) is 0 Å². The molecule has 0 spiro atoms. The highest BCUT2D eigenvalue weighted by atomic mass is 35.5. The maximum Gasteiger partial charge on any atom is 0.205 e. The maximum absolute atomic E-state index is 5.66. The number of halogens is 2. The Bertz CT molecular complexity index is 506. The lowest BCUT2D eigenvalue weighted by molar-refractivity contribution is 0.464. The highest BCUT2D eigenvalue weighted by Crippen LogP contribution is 2.23. The Hall–Kier alpha value is -1.18. The molecule has 0 amide bonds. The van der Waals surface area contributed by atoms with Crippen LogP contribution in [0.4, 0.5) is 0 Å². The van der Waals surface area contributed by atoms with Gasteiger partial charge in [-0.25, -0.2) is 0 Å². The van der Waals surface area contributed by atoms with Crippen molar-refractivity contribution in [3.8, 4) is 5.75 Å². The van der Waals surface area contributed by atoms with Gasteiger partial charge in [0.2, 0.25) is 5.22 Å². The number of benzene rings is 2. The Labute approximate surface area is 97.9 Å². The van der Waals surface area contributed by atoms with Crippen molar-refractivity contribution in [2.45, 2.75) is 0 Å². The first-order valence-corrected chi connectivity index (χ1v) is 5.23. The average Bonchev–Trinajstić information content (AvgIpc) is 2.29. The van der Waals surface area contributed by atoms with Crippen molar-refractivity contribution in [1.29, 1.82) is 0 Å². The first-order chi connectivity index (χ1) is 7.29. The van der Waals surface area contributed by atoms with Gasteiger partial charge in [0.1, 0.15) is 5.75 Å². The van der Waals surface area contributed by atoms with E-state index in [1.807, 2.05) is 42.5 Å². The monoisotopic (exact) mass is 238 g/mol. The van der Waals surface area contributed by atoms with Gasteiger partial charge in [-0.15, -0.1) is 0 Å². The molecule has 0 aliphatic rings. The van der Waals surface area contributed by atoms with E-state index < -0.39 is 0 Å². The number of rotatable bonds is 2. The van der Waals surface area contributed by atoms with Gasteiger partial charge in [0.15, 0.2) is 0 Å². The van der Waals surface area contributed by atoms with Gasteiger partial charge in [-0.1, -0.05) is 41.9 Å². The second kappa shape index (κ2) is 4.56. The molecule has 2 aromatic carbocycles. The van der Waals surface area contributed by atoms with Crippen LogP contribution in [-0.2, 0) is 0 Å². The fraction of sp³-hybridized carbons (Fsp3) is 0. The molecule has 0 radical (unpaired) electrons. The van der Waals surface area contributed by atoms with Crippen molar-refractivity contribution in [2.24, 2.45) is 0 Å². The summed E-state index contributed by atoms with van der Waals surface area (Å²) in [6.45, 7) is 0. The minimum atomic E-state index is 0.159. The molecular formula is C12H8Cl2O. The number of hydrogen-bond donors (Lipinski definition) is 0. The smallest absolute Gasteiger partial charge is 0.205 e. The molecule has 76 valence electrons. The largest absolute Gasteiger partial charge is 0.444 e. The Morgan fingerprint density at radius 3 is 2.53 bits per heavy atom. The molecular weight excluding hydrogens is 231 g/mol. The summed E-state index contributed by atoms with van der Waals surface area (Å²) >= 11 is 11.1. The SMILES string of the molecule is Cl/C=C(/Cl)Oc1ccc2ccccc2c1. The molecule has 0 unspecified atom stereocenters. The molecule has 0 aliphatic heterocycles. The van der Waals surface area contributed by atoms with Gasteiger partial charge in [-0.05, 0) is 34.5 Å². The molecule has 0 saturated carbocycles. The van der Waals surface area contributed by atoms with Crippen LogP contribution in [0, 0.1) is 0 Å². The molecule has 0 atom stereocenters. The van der Waals surface area contributed by atoms with Gasteiger partial charge in [0.05, 0.1) is 5.54 Å². The summed E-state index contributed by atoms with van der Waals surface area (Å²) in [5.41, 5.74) is 1.19. The molecule has 0 aromatic heterocycles. The average molecular weight is 239 g/mol. The van der Waals surface area contributed by atoms with Gasteiger partial charge in [-0.2, -0.15) is 0 Å². The van der Waals surface area contributed by atoms with Crippen LogP contribution in [0.25, 0.3) is 10.8 Å². The number of ether oxygens (including phenoxy) is 1. The second-order valence-corrected chi connectivity index (χ2v) is 3.61. The first-order valence-electron chi connectivity index (χ1n) is 4.42. The van der Waals surface area contributed by atoms with E-state index in [-0.39, 0.29) is 5.22 Å². The summed E-state index contributed by atoms with van der Waals surface area (Å²) in [6, 6.07) is 13.8. The summed E-state index contributed by atoms with van der Waals surface area (Å²) in [4.78, 5) is 0. The zero-order valence-electron chi connectivity index (χ0n) is 7.78. The van der Waals surface area contributed by atoms with E-state index in [1.54, 1.807) is 0 Å². The van der Waals surface area contributed by atoms with Crippen LogP contribution in [0.3, 0.4) is 0 Å². The topological polar surface area (TPSA) is 9.23 Å². The van der Waals surface area contributed by atoms with Crippen molar-refractivity contribution >= 4 is 34.0 Å². The van der Waals surface area contributed by atoms with Gasteiger partial charge in [0, 0.05) is 0 Å². The predicted octanol–water partition coefficient (Wildman–Crippen LogP) is 4.50. The van der Waals surface area contributed by atoms with Gasteiger partial charge < -0.3 is 4.74 Å². The Kier molecular flexibility index (Phi) is 3.14. The molecule has 3 heteroatoms. The second-order valence-electron chi connectivity index (χ2n) is 3.02. The zero-order chi connectivity index (χ0) is 10.7. The Morgan fingerprint density at radius 1 is 1.07 bits per heavy atom. The summed E-state index contributed by atoms with van der Waals surface area (Å²) in [5.74, 6) is 0.676. The van der Waals surface area contributed by atoms with E-state index in [0.29, 0.717) is 5.75 Å². The molecule has 0 saturated heterocycles. The third kappa shape index (κ3) is 2.44. The fourth-order valence-electron chi connectivity index (χ4n) is 1.37. The number of hydrogen-bond acceptors (Lipinski definition) is 1. The lowest BCUT2D eigenvalue weighted by atomic mass is 10.1. The van der Waals surface area contributed by atoms with Crippen LogP contribution >= 0.6 is 23.2 Å². The molecule has 2 rings (SSSR count). The summed E-state index contributed by atoms with van der Waals surface area (Å²) in [5, 5.41) is 2.43. The van der Waals surface area contributed by atoms with Crippen LogP contribution < -0.4 is 4.74 Å². The van der Waals surface area contributed by atoms with Crippen LogP contribution in [-0.4, -0.2) is 0 Å². The Balaban J connectivity index is 2.39. The van der Waals surface area contributed by atoms with Crippen LogP contribution in [0.5, 0.6) is 5.75 Å². The molecule has 0 bridgehead atoms. The molecule has 2 aromatic rings. The minimum Gasteiger partial charge on any atom is -0.444 e. The lowest BCUT2D eigenvalue weighted by Gasteiger charge is -2.04. The molecule has 0 fully saturated rings. The van der Waals surface area contributed by atoms with Gasteiger partial charge in [-0.3, -0.25) is 0 Å². The summed E-state index contributed by atoms with van der Waals surface area (Å²) in [7, 11) is 0. The van der Waals surface area contributed by atoms with Crippen molar-refractivity contribution in [1.82, 2.24) is 0 Å². The van der Waals surface area contributed by atoms with E-state index >= 15 is 0 Å². The lowest BCUT2D eigenvalue weighted by Crippen LogP contribution is -1.86. The van der Waals surface area contributed by atoms with Crippen molar-refractivity contribution < 1.29 is 4.74 Å². The normalized spacial score (nSPS) is 11.7. The Morgan fingerprint density at radius 2 is 1.80 bits per heavy atom. The first kappa shape index (κ1) is 10.3. The van der Waals surface area contributed by atoms with E-state index in [1.165, 1.54) is 5.54 Å². The van der Waals surface area contributed by atoms with E-state index in [2.05, 4.69) is 0 Å². The van der Waals surface area contributed by atoms with Crippen molar-refractivity contribution in [3.05, 3.63) is 53.2 Å².